The maximum Gasteiger partial charge on any atom is 0.348 e. The molecule has 3 heterocycles. The number of carbonyl (C=O) groups excluding carboxylic acids is 2. The summed E-state index contributed by atoms with van der Waals surface area (Å²) in [6.45, 7) is 1.12. The number of guanidine groups is 1. The molecule has 28 heavy (non-hydrogen) atoms. The van der Waals surface area contributed by atoms with Crippen molar-refractivity contribution in [2.45, 2.75) is 25.2 Å². The van der Waals surface area contributed by atoms with Gasteiger partial charge in [-0.15, -0.1) is 0 Å². The second-order valence-electron chi connectivity index (χ2n) is 7.04. The van der Waals surface area contributed by atoms with Gasteiger partial charge in [-0.05, 0) is 17.7 Å². The van der Waals surface area contributed by atoms with Crippen LogP contribution in [0.25, 0.3) is 0 Å². The van der Waals surface area contributed by atoms with Gasteiger partial charge in [-0.1, -0.05) is 30.3 Å². The molecular weight excluding hydrogens is 358 g/mol. The summed E-state index contributed by atoms with van der Waals surface area (Å²) in [7, 11) is 3.24. The Bertz CT molecular complexity index is 894. The van der Waals surface area contributed by atoms with Gasteiger partial charge < -0.3 is 4.42 Å². The van der Waals surface area contributed by atoms with Crippen LogP contribution in [0.2, 0.25) is 0 Å². The van der Waals surface area contributed by atoms with E-state index in [2.05, 4.69) is 22.8 Å². The molecule has 2 aromatic rings. The molecule has 2 aliphatic rings. The van der Waals surface area contributed by atoms with Crippen molar-refractivity contribution in [3.8, 4) is 0 Å². The molecule has 1 fully saturated rings. The van der Waals surface area contributed by atoms with E-state index in [0.717, 1.165) is 18.1 Å². The Balaban J connectivity index is 1.60. The Morgan fingerprint density at radius 2 is 1.93 bits per heavy atom. The summed E-state index contributed by atoms with van der Waals surface area (Å²) in [6, 6.07) is 13.1. The molecule has 4 rings (SSSR count). The highest BCUT2D eigenvalue weighted by Gasteiger charge is 2.53. The van der Waals surface area contributed by atoms with E-state index < -0.39 is 12.2 Å². The summed E-state index contributed by atoms with van der Waals surface area (Å²) in [5.41, 5.74) is 1.19. The molecular formula is C20H24N5O3+. The summed E-state index contributed by atoms with van der Waals surface area (Å²) in [5, 5.41) is 6.65. The number of nitrogens with one attached hydrogen (secondary N) is 2. The highest BCUT2D eigenvalue weighted by molar-refractivity contribution is 6.01. The Morgan fingerprint density at radius 3 is 2.64 bits per heavy atom. The number of rotatable bonds is 5. The first-order valence-corrected chi connectivity index (χ1v) is 9.31. The molecule has 3 amide bonds. The van der Waals surface area contributed by atoms with Crippen LogP contribution in [0.15, 0.2) is 53.1 Å². The lowest BCUT2D eigenvalue weighted by Crippen LogP contribution is -2.65. The van der Waals surface area contributed by atoms with Crippen molar-refractivity contribution in [3.05, 3.63) is 60.1 Å². The number of nitrogens with zero attached hydrogens (tertiary/aromatic N) is 3. The maximum atomic E-state index is 12.9. The van der Waals surface area contributed by atoms with E-state index in [0.29, 0.717) is 13.1 Å². The Labute approximate surface area is 163 Å². The fourth-order valence-corrected chi connectivity index (χ4v) is 3.72. The highest BCUT2D eigenvalue weighted by atomic mass is 16.3. The van der Waals surface area contributed by atoms with Gasteiger partial charge >= 0.3 is 12.0 Å². The first kappa shape index (κ1) is 18.1. The molecule has 8 heteroatoms. The zero-order valence-electron chi connectivity index (χ0n) is 16.0. The number of urea groups is 1. The Hall–Kier alpha value is -3.29. The lowest BCUT2D eigenvalue weighted by molar-refractivity contribution is -0.551. The van der Waals surface area contributed by atoms with Crippen LogP contribution in [-0.4, -0.2) is 65.1 Å². The molecule has 2 N–H and O–H groups in total. The standard InChI is InChI=1S/C20H23N5O3/c1-23-17-16(18(26)24(2)20(23)27)25(11-10-14-7-4-3-5-8-14)19(22-17)21-13-15-9-6-12-28-15/h3-9,12,16-17H,10-11,13H2,1-2H3,(H,21,22)/p+1/t16-,17+/m1/s1. The topological polar surface area (TPSA) is 80.8 Å². The summed E-state index contributed by atoms with van der Waals surface area (Å²) < 4.78 is 7.41. The fraction of sp³-hybridized carbons (Fsp3) is 0.350. The lowest BCUT2D eigenvalue weighted by Gasteiger charge is -2.36. The summed E-state index contributed by atoms with van der Waals surface area (Å²) in [5.74, 6) is 1.31. The number of likely N-dealkylation sites (N-methyl/N-ethyl adjacent to an activating group) is 2. The average molecular weight is 382 g/mol. The van der Waals surface area contributed by atoms with Crippen molar-refractivity contribution < 1.29 is 18.6 Å². The molecule has 2 atom stereocenters. The lowest BCUT2D eigenvalue weighted by atomic mass is 10.1. The fourth-order valence-electron chi connectivity index (χ4n) is 3.72. The molecule has 0 saturated carbocycles. The molecule has 1 aromatic heterocycles. The van der Waals surface area contributed by atoms with Crippen LogP contribution in [0.4, 0.5) is 4.79 Å². The average Bonchev–Trinajstić information content (AvgIpc) is 3.36. The predicted octanol–water partition coefficient (Wildman–Crippen LogP) is 0.802. The summed E-state index contributed by atoms with van der Waals surface area (Å²) in [4.78, 5) is 28.0. The van der Waals surface area contributed by atoms with Crippen LogP contribution in [0.3, 0.4) is 0 Å². The van der Waals surface area contributed by atoms with Crippen LogP contribution in [0.1, 0.15) is 11.3 Å². The first-order valence-electron chi connectivity index (χ1n) is 9.31. The SMILES string of the molecule is CN1C(=O)[C@H]2[C@@H](NC(NCc3ccco3)=[N+]2CCc2ccccc2)N(C)C1=O. The summed E-state index contributed by atoms with van der Waals surface area (Å²) in [6.07, 6.45) is 2.00. The maximum absolute atomic E-state index is 12.9. The van der Waals surface area contributed by atoms with Gasteiger partial charge in [0.25, 0.3) is 5.91 Å². The van der Waals surface area contributed by atoms with Gasteiger partial charge in [-0.2, -0.15) is 0 Å². The van der Waals surface area contributed by atoms with E-state index in [1.54, 1.807) is 18.2 Å². The van der Waals surface area contributed by atoms with Crippen molar-refractivity contribution in [2.24, 2.45) is 0 Å². The van der Waals surface area contributed by atoms with Gasteiger partial charge in [-0.25, -0.2) is 9.37 Å². The zero-order valence-corrected chi connectivity index (χ0v) is 16.0. The first-order chi connectivity index (χ1) is 13.6. The number of hydrogen-bond donors (Lipinski definition) is 2. The van der Waals surface area contributed by atoms with E-state index >= 15 is 0 Å². The second kappa shape index (κ2) is 7.38. The molecule has 0 aliphatic carbocycles. The summed E-state index contributed by atoms with van der Waals surface area (Å²) >= 11 is 0. The molecule has 0 radical (unpaired) electrons. The number of benzene rings is 1. The van der Waals surface area contributed by atoms with Crippen molar-refractivity contribution in [2.75, 3.05) is 20.6 Å². The largest absolute Gasteiger partial charge is 0.466 e. The van der Waals surface area contributed by atoms with Crippen LogP contribution < -0.4 is 10.6 Å². The Kier molecular flexibility index (Phi) is 4.77. The third-order valence-corrected chi connectivity index (χ3v) is 5.29. The van der Waals surface area contributed by atoms with E-state index in [4.69, 9.17) is 4.42 Å². The van der Waals surface area contributed by atoms with Gasteiger partial charge in [-0.3, -0.25) is 25.2 Å². The zero-order chi connectivity index (χ0) is 19.7. The van der Waals surface area contributed by atoms with E-state index in [1.807, 2.05) is 34.9 Å². The van der Waals surface area contributed by atoms with Crippen LogP contribution in [0.5, 0.6) is 0 Å². The van der Waals surface area contributed by atoms with Crippen molar-refractivity contribution in [1.29, 1.82) is 0 Å². The normalized spacial score (nSPS) is 21.8. The molecule has 1 aromatic carbocycles. The number of furan rings is 1. The number of fused-ring (bicyclic) bond motifs is 1. The minimum Gasteiger partial charge on any atom is -0.466 e. The third kappa shape index (κ3) is 3.21. The van der Waals surface area contributed by atoms with Crippen LogP contribution >= 0.6 is 0 Å². The minimum atomic E-state index is -0.476. The van der Waals surface area contributed by atoms with E-state index in [9.17, 15) is 9.59 Å². The number of carbonyl (C=O) groups is 2. The van der Waals surface area contributed by atoms with E-state index in [-0.39, 0.29) is 11.9 Å². The smallest absolute Gasteiger partial charge is 0.348 e. The molecule has 2 aliphatic heterocycles. The quantitative estimate of drug-likeness (QED) is 0.748. The molecule has 0 spiro atoms. The van der Waals surface area contributed by atoms with E-state index in [1.165, 1.54) is 17.5 Å². The van der Waals surface area contributed by atoms with Gasteiger partial charge in [0.1, 0.15) is 12.3 Å². The number of amides is 3. The van der Waals surface area contributed by atoms with Gasteiger partial charge in [0.05, 0.1) is 12.8 Å². The number of imide groups is 1. The van der Waals surface area contributed by atoms with Crippen molar-refractivity contribution >= 4 is 17.9 Å². The van der Waals surface area contributed by atoms with Crippen molar-refractivity contribution in [3.63, 3.8) is 0 Å². The molecule has 0 unspecified atom stereocenters. The van der Waals surface area contributed by atoms with Gasteiger partial charge in [0.15, 0.2) is 6.17 Å². The van der Waals surface area contributed by atoms with Crippen molar-refractivity contribution in [1.82, 2.24) is 20.4 Å². The Morgan fingerprint density at radius 1 is 1.14 bits per heavy atom. The van der Waals surface area contributed by atoms with Gasteiger partial charge in [0, 0.05) is 20.5 Å². The van der Waals surface area contributed by atoms with Crippen LogP contribution in [0, 0.1) is 0 Å². The second-order valence-corrected chi connectivity index (χ2v) is 7.04. The van der Waals surface area contributed by atoms with Gasteiger partial charge in [0.2, 0.25) is 6.04 Å². The highest BCUT2D eigenvalue weighted by Crippen LogP contribution is 2.20. The molecule has 0 bridgehead atoms. The minimum absolute atomic E-state index is 0.205. The molecule has 146 valence electrons. The third-order valence-electron chi connectivity index (χ3n) is 5.29. The molecule has 8 nitrogen and oxygen atoms in total. The number of hydrogen-bond acceptors (Lipinski definition) is 5. The predicted molar refractivity (Wildman–Crippen MR) is 102 cm³/mol. The molecule has 1 saturated heterocycles. The monoisotopic (exact) mass is 382 g/mol. The van der Waals surface area contributed by atoms with Crippen LogP contribution in [-0.2, 0) is 17.8 Å².